The van der Waals surface area contributed by atoms with E-state index in [-0.39, 0.29) is 35.7 Å². The molecule has 1 atom stereocenters. The van der Waals surface area contributed by atoms with Gasteiger partial charge in [0.2, 0.25) is 23.4 Å². The number of carbonyl (C=O) groups excluding carboxylic acids is 5. The van der Waals surface area contributed by atoms with Crippen molar-refractivity contribution in [3.8, 4) is 11.8 Å². The van der Waals surface area contributed by atoms with Gasteiger partial charge in [-0.3, -0.25) is 39.2 Å². The van der Waals surface area contributed by atoms with Crippen molar-refractivity contribution in [1.29, 1.82) is 0 Å². The molecule has 3 aromatic rings. The average Bonchev–Trinajstić information content (AvgIpc) is 3.63. The SMILES string of the molecule is [C-]#[N+]/C(=C\C(=O)NCCCC1CCN(C(=O)c2ccc(N3CCN(CCCCCC#Cc4cccc5c4CN(C4CCC(=O)NC4=O)C5=O)CC3)cc2)CC1)c1cccnc1. The van der Waals surface area contributed by atoms with E-state index in [2.05, 4.69) is 54.2 Å². The van der Waals surface area contributed by atoms with Crippen LogP contribution in [0.15, 0.2) is 73.1 Å². The number of anilines is 1. The monoisotopic (exact) mass is 822 g/mol. The number of hydrogen-bond acceptors (Lipinski definition) is 8. The number of pyridine rings is 1. The van der Waals surface area contributed by atoms with E-state index in [0.29, 0.717) is 36.6 Å². The first-order valence-corrected chi connectivity index (χ1v) is 21.7. The van der Waals surface area contributed by atoms with Crippen molar-refractivity contribution in [2.45, 2.75) is 76.8 Å². The Balaban J connectivity index is 0.752. The first-order chi connectivity index (χ1) is 29.8. The molecule has 0 bridgehead atoms. The zero-order valence-electron chi connectivity index (χ0n) is 34.7. The van der Waals surface area contributed by atoms with Crippen LogP contribution in [0.5, 0.6) is 0 Å². The molecule has 5 amide bonds. The summed E-state index contributed by atoms with van der Waals surface area (Å²) in [7, 11) is 0. The van der Waals surface area contributed by atoms with E-state index < -0.39 is 11.9 Å². The number of aromatic nitrogens is 1. The molecule has 2 N–H and O–H groups in total. The number of carbonyl (C=O) groups is 5. The van der Waals surface area contributed by atoms with Gasteiger partial charge in [0.15, 0.2) is 0 Å². The number of piperidine rings is 2. The van der Waals surface area contributed by atoms with E-state index in [9.17, 15) is 24.0 Å². The summed E-state index contributed by atoms with van der Waals surface area (Å²) in [6.07, 6.45) is 12.9. The lowest BCUT2D eigenvalue weighted by molar-refractivity contribution is -0.137. The Morgan fingerprint density at radius 2 is 1.70 bits per heavy atom. The van der Waals surface area contributed by atoms with Gasteiger partial charge in [0.05, 0.1) is 6.57 Å². The fraction of sp³-hybridized carbons (Fsp3) is 0.438. The molecule has 61 heavy (non-hydrogen) atoms. The predicted octanol–water partition coefficient (Wildman–Crippen LogP) is 5.29. The molecule has 1 unspecified atom stereocenters. The predicted molar refractivity (Wildman–Crippen MR) is 233 cm³/mol. The minimum atomic E-state index is -0.630. The van der Waals surface area contributed by atoms with Crippen molar-refractivity contribution in [1.82, 2.24) is 30.3 Å². The summed E-state index contributed by atoms with van der Waals surface area (Å²) in [5, 5.41) is 5.25. The maximum Gasteiger partial charge on any atom is 0.255 e. The highest BCUT2D eigenvalue weighted by molar-refractivity contribution is 6.05. The first kappa shape index (κ1) is 42.8. The normalized spacial score (nSPS) is 18.5. The summed E-state index contributed by atoms with van der Waals surface area (Å²) in [4.78, 5) is 78.8. The first-order valence-electron chi connectivity index (χ1n) is 21.7. The molecular weight excluding hydrogens is 769 g/mol. The molecule has 1 aromatic heterocycles. The van der Waals surface area contributed by atoms with Gasteiger partial charge in [0, 0.05) is 106 Å². The molecule has 0 spiro atoms. The number of piperazine rings is 1. The number of amides is 5. The van der Waals surface area contributed by atoms with E-state index in [1.807, 2.05) is 29.2 Å². The molecule has 0 aliphatic carbocycles. The summed E-state index contributed by atoms with van der Waals surface area (Å²) in [5.74, 6) is 6.03. The van der Waals surface area contributed by atoms with Crippen LogP contribution in [0.1, 0.15) is 102 Å². The van der Waals surface area contributed by atoms with Gasteiger partial charge in [-0.25, -0.2) is 4.85 Å². The molecule has 316 valence electrons. The molecule has 3 fully saturated rings. The zero-order chi connectivity index (χ0) is 42.6. The lowest BCUT2D eigenvalue weighted by Gasteiger charge is -2.36. The Morgan fingerprint density at radius 3 is 2.44 bits per heavy atom. The number of nitrogens with one attached hydrogen (secondary N) is 2. The van der Waals surface area contributed by atoms with Crippen LogP contribution in [0, 0.1) is 24.3 Å². The minimum Gasteiger partial charge on any atom is -0.369 e. The van der Waals surface area contributed by atoms with Crippen LogP contribution in [-0.4, -0.2) is 108 Å². The molecule has 2 aromatic carbocycles. The molecule has 13 heteroatoms. The highest BCUT2D eigenvalue weighted by atomic mass is 16.2. The molecule has 0 saturated carbocycles. The smallest absolute Gasteiger partial charge is 0.255 e. The van der Waals surface area contributed by atoms with E-state index >= 15 is 0 Å². The largest absolute Gasteiger partial charge is 0.369 e. The molecule has 4 aliphatic rings. The standard InChI is InChI=1S/C48H54N8O5/c1-49-42(38-13-9-23-50-33-38)32-45(58)51-24-8-10-35-21-26-55(27-22-35)47(60)37-15-17-39(18-16-37)54-30-28-53(29-31-54)25-6-4-2-3-5-11-36-12-7-14-40-41(36)34-56(48(40)61)43-19-20-44(57)52-46(43)59/h7,9,12-18,23,32-33,35,43H,2-4,6,8,10,19-22,24-31,34H2,(H,51,58)(H,52,57,59)/b42-32-. The van der Waals surface area contributed by atoms with Crippen LogP contribution in [-0.2, 0) is 20.9 Å². The second-order valence-corrected chi connectivity index (χ2v) is 16.3. The van der Waals surface area contributed by atoms with E-state index in [1.165, 1.54) is 6.08 Å². The molecule has 3 saturated heterocycles. The van der Waals surface area contributed by atoms with Crippen LogP contribution in [0.3, 0.4) is 0 Å². The number of imide groups is 1. The van der Waals surface area contributed by atoms with Gasteiger partial charge in [0.25, 0.3) is 11.8 Å². The summed E-state index contributed by atoms with van der Waals surface area (Å²) in [6, 6.07) is 16.5. The Labute approximate surface area is 358 Å². The Bertz CT molecular complexity index is 2210. The number of likely N-dealkylation sites (tertiary alicyclic amines) is 1. The van der Waals surface area contributed by atoms with Crippen LogP contribution in [0.25, 0.3) is 10.5 Å². The third kappa shape index (κ3) is 11.1. The van der Waals surface area contributed by atoms with Gasteiger partial charge in [-0.05, 0) is 111 Å². The van der Waals surface area contributed by atoms with Crippen LogP contribution < -0.4 is 15.5 Å². The van der Waals surface area contributed by atoms with Gasteiger partial charge < -0.3 is 20.0 Å². The number of nitrogens with zero attached hydrogens (tertiary/aromatic N) is 6. The molecule has 4 aliphatic heterocycles. The second kappa shape index (κ2) is 20.8. The third-order valence-corrected chi connectivity index (χ3v) is 12.3. The maximum absolute atomic E-state index is 13.4. The zero-order valence-corrected chi connectivity index (χ0v) is 34.7. The van der Waals surface area contributed by atoms with Crippen LogP contribution in [0.2, 0.25) is 0 Å². The number of rotatable bonds is 14. The molecule has 13 nitrogen and oxygen atoms in total. The summed E-state index contributed by atoms with van der Waals surface area (Å²) in [5.41, 5.74) is 5.05. The fourth-order valence-corrected chi connectivity index (χ4v) is 8.71. The van der Waals surface area contributed by atoms with Crippen molar-refractivity contribution in [2.75, 3.05) is 57.3 Å². The molecule has 7 rings (SSSR count). The van der Waals surface area contributed by atoms with Gasteiger partial charge in [-0.15, -0.1) is 0 Å². The van der Waals surface area contributed by atoms with Crippen LogP contribution in [0.4, 0.5) is 5.69 Å². The van der Waals surface area contributed by atoms with Crippen LogP contribution >= 0.6 is 0 Å². The molecular formula is C48H54N8O5. The highest BCUT2D eigenvalue weighted by Gasteiger charge is 2.39. The second-order valence-electron chi connectivity index (χ2n) is 16.3. The van der Waals surface area contributed by atoms with E-state index in [1.54, 1.807) is 35.5 Å². The lowest BCUT2D eigenvalue weighted by Crippen LogP contribution is -2.52. The summed E-state index contributed by atoms with van der Waals surface area (Å²) >= 11 is 0. The van der Waals surface area contributed by atoms with Crippen molar-refractivity contribution >= 4 is 40.9 Å². The van der Waals surface area contributed by atoms with E-state index in [4.69, 9.17) is 6.57 Å². The summed E-state index contributed by atoms with van der Waals surface area (Å²) < 4.78 is 0. The molecule has 0 radical (unpaired) electrons. The number of fused-ring (bicyclic) bond motifs is 1. The third-order valence-electron chi connectivity index (χ3n) is 12.3. The average molecular weight is 823 g/mol. The molecule has 5 heterocycles. The van der Waals surface area contributed by atoms with Crippen molar-refractivity contribution in [3.05, 3.63) is 112 Å². The van der Waals surface area contributed by atoms with Gasteiger partial charge in [-0.2, -0.15) is 0 Å². The summed E-state index contributed by atoms with van der Waals surface area (Å²) in [6.45, 7) is 14.7. The fourth-order valence-electron chi connectivity index (χ4n) is 8.71. The number of benzene rings is 2. The lowest BCUT2D eigenvalue weighted by atomic mass is 9.92. The van der Waals surface area contributed by atoms with Gasteiger partial charge in [-0.1, -0.05) is 30.4 Å². The minimum absolute atomic E-state index is 0.0857. The Kier molecular flexibility index (Phi) is 14.6. The number of hydrogen-bond donors (Lipinski definition) is 2. The Hall–Kier alpha value is -6.31. The van der Waals surface area contributed by atoms with E-state index in [0.717, 1.165) is 120 Å². The Morgan fingerprint density at radius 1 is 0.902 bits per heavy atom. The maximum atomic E-state index is 13.4. The van der Waals surface area contributed by atoms with Crippen molar-refractivity contribution < 1.29 is 24.0 Å². The van der Waals surface area contributed by atoms with Gasteiger partial charge in [0.1, 0.15) is 6.04 Å². The van der Waals surface area contributed by atoms with Crippen molar-refractivity contribution in [3.63, 3.8) is 0 Å². The van der Waals surface area contributed by atoms with Gasteiger partial charge >= 0.3 is 0 Å². The van der Waals surface area contributed by atoms with Crippen molar-refractivity contribution in [2.24, 2.45) is 5.92 Å². The number of unbranched alkanes of at least 4 members (excludes halogenated alkanes) is 3. The topological polar surface area (TPSA) is 140 Å². The quantitative estimate of drug-likeness (QED) is 0.0737. The highest BCUT2D eigenvalue weighted by Crippen LogP contribution is 2.30.